The van der Waals surface area contributed by atoms with Gasteiger partial charge in [-0.05, 0) is 35.9 Å². The van der Waals surface area contributed by atoms with Gasteiger partial charge in [-0.15, -0.1) is 0 Å². The first-order valence-corrected chi connectivity index (χ1v) is 8.83. The second-order valence-corrected chi connectivity index (χ2v) is 7.57. The van der Waals surface area contributed by atoms with E-state index < -0.39 is 10.0 Å². The minimum atomic E-state index is -3.83. The Bertz CT molecular complexity index is 782. The lowest BCUT2D eigenvalue weighted by molar-refractivity contribution is 0.601. The number of anilines is 1. The van der Waals surface area contributed by atoms with Crippen LogP contribution >= 0.6 is 39.1 Å². The van der Waals surface area contributed by atoms with E-state index in [4.69, 9.17) is 28.9 Å². The molecule has 2 aromatic rings. The molecule has 0 aromatic heterocycles. The molecule has 0 saturated heterocycles. The molecular formula is C13H11BrCl2N2O2S. The molecule has 0 aliphatic heterocycles. The Kier molecular flexibility index (Phi) is 5.16. The number of hydrogen-bond donors (Lipinski definition) is 2. The highest BCUT2D eigenvalue weighted by atomic mass is 79.9. The van der Waals surface area contributed by atoms with Gasteiger partial charge in [0.25, 0.3) is 10.0 Å². The largest absolute Gasteiger partial charge is 0.326 e. The topological polar surface area (TPSA) is 72.2 Å². The first-order chi connectivity index (χ1) is 9.83. The molecule has 4 nitrogen and oxygen atoms in total. The minimum absolute atomic E-state index is 0.0414. The van der Waals surface area contributed by atoms with E-state index in [2.05, 4.69) is 20.7 Å². The molecule has 0 aliphatic carbocycles. The second kappa shape index (κ2) is 6.54. The molecule has 0 amide bonds. The van der Waals surface area contributed by atoms with Crippen LogP contribution in [0.1, 0.15) is 5.56 Å². The van der Waals surface area contributed by atoms with Crippen LogP contribution in [0, 0.1) is 0 Å². The molecule has 21 heavy (non-hydrogen) atoms. The van der Waals surface area contributed by atoms with Crippen molar-refractivity contribution in [1.29, 1.82) is 0 Å². The summed E-state index contributed by atoms with van der Waals surface area (Å²) >= 11 is 15.2. The van der Waals surface area contributed by atoms with Crippen LogP contribution in [0.5, 0.6) is 0 Å². The molecule has 2 rings (SSSR count). The number of nitrogens with two attached hydrogens (primary N) is 1. The van der Waals surface area contributed by atoms with Crippen molar-refractivity contribution in [2.24, 2.45) is 5.73 Å². The van der Waals surface area contributed by atoms with Crippen LogP contribution in [0.3, 0.4) is 0 Å². The van der Waals surface area contributed by atoms with Gasteiger partial charge in [0.1, 0.15) is 4.90 Å². The van der Waals surface area contributed by atoms with E-state index in [1.54, 1.807) is 24.3 Å². The molecule has 0 saturated carbocycles. The Morgan fingerprint density at radius 1 is 1.14 bits per heavy atom. The molecule has 3 N–H and O–H groups in total. The van der Waals surface area contributed by atoms with Crippen LogP contribution < -0.4 is 10.5 Å². The zero-order valence-electron chi connectivity index (χ0n) is 10.6. The Balaban J connectivity index is 2.44. The van der Waals surface area contributed by atoms with E-state index in [0.29, 0.717) is 16.3 Å². The van der Waals surface area contributed by atoms with Crippen molar-refractivity contribution in [3.63, 3.8) is 0 Å². The van der Waals surface area contributed by atoms with Gasteiger partial charge >= 0.3 is 0 Å². The number of benzene rings is 2. The lowest BCUT2D eigenvalue weighted by Crippen LogP contribution is -2.14. The summed E-state index contributed by atoms with van der Waals surface area (Å²) in [6, 6.07) is 9.54. The highest BCUT2D eigenvalue weighted by Gasteiger charge is 2.20. The summed E-state index contributed by atoms with van der Waals surface area (Å²) in [5.74, 6) is 0. The lowest BCUT2D eigenvalue weighted by Gasteiger charge is -2.12. The average Bonchev–Trinajstić information content (AvgIpc) is 2.37. The fourth-order valence-electron chi connectivity index (χ4n) is 1.70. The van der Waals surface area contributed by atoms with Gasteiger partial charge < -0.3 is 5.73 Å². The number of sulfonamides is 1. The van der Waals surface area contributed by atoms with Crippen molar-refractivity contribution in [3.05, 3.63) is 56.5 Å². The normalized spacial score (nSPS) is 11.4. The molecular weight excluding hydrogens is 399 g/mol. The maximum atomic E-state index is 12.4. The van der Waals surface area contributed by atoms with Crippen LogP contribution in [-0.2, 0) is 16.6 Å². The Morgan fingerprint density at radius 2 is 1.86 bits per heavy atom. The molecule has 0 atom stereocenters. The van der Waals surface area contributed by atoms with Crippen molar-refractivity contribution >= 4 is 54.8 Å². The van der Waals surface area contributed by atoms with E-state index in [1.807, 2.05) is 0 Å². The van der Waals surface area contributed by atoms with Crippen molar-refractivity contribution in [2.45, 2.75) is 11.4 Å². The molecule has 0 bridgehead atoms. The van der Waals surface area contributed by atoms with E-state index in [1.165, 1.54) is 12.1 Å². The van der Waals surface area contributed by atoms with E-state index in [0.717, 1.165) is 4.47 Å². The van der Waals surface area contributed by atoms with Crippen LogP contribution in [0.25, 0.3) is 0 Å². The van der Waals surface area contributed by atoms with E-state index >= 15 is 0 Å². The second-order valence-electron chi connectivity index (χ2n) is 4.19. The van der Waals surface area contributed by atoms with Crippen molar-refractivity contribution in [2.75, 3.05) is 4.72 Å². The summed E-state index contributed by atoms with van der Waals surface area (Å²) in [7, 11) is -3.83. The van der Waals surface area contributed by atoms with Crippen molar-refractivity contribution in [3.8, 4) is 0 Å². The van der Waals surface area contributed by atoms with Crippen LogP contribution in [-0.4, -0.2) is 8.42 Å². The smallest absolute Gasteiger partial charge is 0.263 e. The number of halogens is 3. The molecule has 0 spiro atoms. The van der Waals surface area contributed by atoms with Gasteiger partial charge in [-0.1, -0.05) is 45.2 Å². The summed E-state index contributed by atoms with van der Waals surface area (Å²) in [5, 5.41) is 0.378. The summed E-state index contributed by atoms with van der Waals surface area (Å²) in [4.78, 5) is -0.0611. The number of rotatable bonds is 4. The molecule has 0 radical (unpaired) electrons. The maximum Gasteiger partial charge on any atom is 0.263 e. The van der Waals surface area contributed by atoms with Crippen molar-refractivity contribution < 1.29 is 8.42 Å². The van der Waals surface area contributed by atoms with Crippen LogP contribution in [0.2, 0.25) is 10.0 Å². The first kappa shape index (κ1) is 16.6. The summed E-state index contributed by atoms with van der Waals surface area (Å²) in [5.41, 5.74) is 6.47. The predicted octanol–water partition coefficient (Wildman–Crippen LogP) is 4.02. The Morgan fingerprint density at radius 3 is 2.48 bits per heavy atom. The molecule has 2 aromatic carbocycles. The summed E-state index contributed by atoms with van der Waals surface area (Å²) < 4.78 is 28.1. The fourth-order valence-corrected chi connectivity index (χ4v) is 4.02. The highest BCUT2D eigenvalue weighted by Crippen LogP contribution is 2.30. The van der Waals surface area contributed by atoms with E-state index in [9.17, 15) is 8.42 Å². The van der Waals surface area contributed by atoms with Crippen molar-refractivity contribution in [1.82, 2.24) is 0 Å². The molecule has 112 valence electrons. The van der Waals surface area contributed by atoms with Gasteiger partial charge in [-0.3, -0.25) is 4.72 Å². The molecule has 0 aliphatic rings. The molecule has 0 heterocycles. The van der Waals surface area contributed by atoms with Crippen LogP contribution in [0.4, 0.5) is 5.69 Å². The lowest BCUT2D eigenvalue weighted by atomic mass is 10.2. The summed E-state index contributed by atoms with van der Waals surface area (Å²) in [6.07, 6.45) is 0. The highest BCUT2D eigenvalue weighted by molar-refractivity contribution is 9.10. The first-order valence-electron chi connectivity index (χ1n) is 5.80. The Labute approximate surface area is 141 Å². The SMILES string of the molecule is NCc1cc(S(=O)(=O)Nc2cccc(Br)c2)c(Cl)cc1Cl. The van der Waals surface area contributed by atoms with E-state index in [-0.39, 0.29) is 16.5 Å². The van der Waals surface area contributed by atoms with Gasteiger partial charge in [0.2, 0.25) is 0 Å². The predicted molar refractivity (Wildman–Crippen MR) is 89.3 cm³/mol. The molecule has 0 fully saturated rings. The zero-order valence-corrected chi connectivity index (χ0v) is 14.5. The third kappa shape index (κ3) is 3.90. The third-order valence-electron chi connectivity index (χ3n) is 2.69. The maximum absolute atomic E-state index is 12.4. The van der Waals surface area contributed by atoms with Gasteiger partial charge in [-0.2, -0.15) is 0 Å². The Hall–Kier alpha value is -0.790. The van der Waals surface area contributed by atoms with Gasteiger partial charge in [0, 0.05) is 21.7 Å². The zero-order chi connectivity index (χ0) is 15.6. The van der Waals surface area contributed by atoms with Gasteiger partial charge in [0.15, 0.2) is 0 Å². The van der Waals surface area contributed by atoms with Gasteiger partial charge in [-0.25, -0.2) is 8.42 Å². The number of hydrogen-bond acceptors (Lipinski definition) is 3. The monoisotopic (exact) mass is 408 g/mol. The van der Waals surface area contributed by atoms with Gasteiger partial charge in [0.05, 0.1) is 5.02 Å². The minimum Gasteiger partial charge on any atom is -0.326 e. The average molecular weight is 410 g/mol. The number of nitrogens with one attached hydrogen (secondary N) is 1. The van der Waals surface area contributed by atoms with Crippen LogP contribution in [0.15, 0.2) is 45.8 Å². The fraction of sp³-hybridized carbons (Fsp3) is 0.0769. The summed E-state index contributed by atoms with van der Waals surface area (Å²) in [6.45, 7) is 0.120. The standard InChI is InChI=1S/C13H11BrCl2N2O2S/c14-9-2-1-3-10(5-9)18-21(19,20)13-4-8(7-17)11(15)6-12(13)16/h1-6,18H,7,17H2. The third-order valence-corrected chi connectivity index (χ3v) is 5.38. The molecule has 0 unspecified atom stereocenters. The molecule has 8 heteroatoms. The quantitative estimate of drug-likeness (QED) is 0.800.